The number of carbonyl (C=O) groups is 1. The first-order valence-corrected chi connectivity index (χ1v) is 6.67. The molecule has 0 bridgehead atoms. The van der Waals surface area contributed by atoms with E-state index in [1.807, 2.05) is 37.1 Å². The number of rotatable bonds is 3. The van der Waals surface area contributed by atoms with Crippen LogP contribution in [0.25, 0.3) is 0 Å². The van der Waals surface area contributed by atoms with E-state index >= 15 is 0 Å². The number of hydrogen-bond acceptors (Lipinski definition) is 2. The zero-order valence-corrected chi connectivity index (χ0v) is 11.6. The van der Waals surface area contributed by atoms with Gasteiger partial charge in [-0.1, -0.05) is 17.9 Å². The molecule has 0 aliphatic heterocycles. The summed E-state index contributed by atoms with van der Waals surface area (Å²) in [6, 6.07) is 5.68. The number of aryl methyl sites for hydroxylation is 1. The quantitative estimate of drug-likeness (QED) is 0.838. The molecule has 0 unspecified atom stereocenters. The number of hydrogen-bond donors (Lipinski definition) is 1. The van der Waals surface area contributed by atoms with Gasteiger partial charge in [0.05, 0.1) is 6.54 Å². The Morgan fingerprint density at radius 2 is 2.21 bits per heavy atom. The lowest BCUT2D eigenvalue weighted by molar-refractivity contribution is 0.0788. The van der Waals surface area contributed by atoms with Gasteiger partial charge in [0.1, 0.15) is 0 Å². The number of carbonyl (C=O) groups excluding carboxylic acids is 1. The molecule has 0 atom stereocenters. The number of nitrogens with two attached hydrogens (primary N) is 1. The minimum atomic E-state index is 0.0719. The van der Waals surface area contributed by atoms with Crippen LogP contribution in [0.15, 0.2) is 18.2 Å². The Hall–Kier alpha value is -1.79. The van der Waals surface area contributed by atoms with Crippen LogP contribution in [0.4, 0.5) is 0 Å². The highest BCUT2D eigenvalue weighted by molar-refractivity contribution is 5.94. The van der Waals surface area contributed by atoms with Crippen molar-refractivity contribution >= 4 is 5.91 Å². The van der Waals surface area contributed by atoms with Gasteiger partial charge in [-0.25, -0.2) is 0 Å². The van der Waals surface area contributed by atoms with Gasteiger partial charge in [0.15, 0.2) is 0 Å². The lowest BCUT2D eigenvalue weighted by Gasteiger charge is -2.17. The first-order valence-electron chi connectivity index (χ1n) is 6.67. The Morgan fingerprint density at radius 1 is 1.47 bits per heavy atom. The standard InChI is InChI=1S/C16H20N2O/c1-12-5-8-15(10-14(12)4-3-9-17)16(19)18(2)11-13-6-7-13/h5,8,10,13H,6-7,9,11,17H2,1-2H3. The largest absolute Gasteiger partial charge is 0.341 e. The molecular weight excluding hydrogens is 236 g/mol. The molecule has 1 amide bonds. The van der Waals surface area contributed by atoms with Crippen molar-refractivity contribution in [3.8, 4) is 11.8 Å². The van der Waals surface area contributed by atoms with Gasteiger partial charge in [0, 0.05) is 24.7 Å². The Balaban J connectivity index is 2.16. The summed E-state index contributed by atoms with van der Waals surface area (Å²) in [4.78, 5) is 14.1. The summed E-state index contributed by atoms with van der Waals surface area (Å²) >= 11 is 0. The van der Waals surface area contributed by atoms with E-state index in [4.69, 9.17) is 5.73 Å². The van der Waals surface area contributed by atoms with Crippen molar-refractivity contribution in [3.63, 3.8) is 0 Å². The Morgan fingerprint density at radius 3 is 2.84 bits per heavy atom. The molecule has 1 aromatic rings. The van der Waals surface area contributed by atoms with Crippen LogP contribution >= 0.6 is 0 Å². The molecule has 19 heavy (non-hydrogen) atoms. The van der Waals surface area contributed by atoms with Crippen molar-refractivity contribution in [2.24, 2.45) is 11.7 Å². The van der Waals surface area contributed by atoms with E-state index in [1.54, 1.807) is 0 Å². The zero-order chi connectivity index (χ0) is 13.8. The summed E-state index contributed by atoms with van der Waals surface area (Å²) in [5, 5.41) is 0. The van der Waals surface area contributed by atoms with Crippen LogP contribution in [0.3, 0.4) is 0 Å². The maximum absolute atomic E-state index is 12.3. The van der Waals surface area contributed by atoms with E-state index in [0.717, 1.165) is 17.7 Å². The number of benzene rings is 1. The highest BCUT2D eigenvalue weighted by atomic mass is 16.2. The van der Waals surface area contributed by atoms with Gasteiger partial charge in [0.2, 0.25) is 0 Å². The van der Waals surface area contributed by atoms with Crippen LogP contribution in [0.5, 0.6) is 0 Å². The van der Waals surface area contributed by atoms with Gasteiger partial charge >= 0.3 is 0 Å². The van der Waals surface area contributed by atoms with Crippen LogP contribution in [-0.4, -0.2) is 30.9 Å². The maximum Gasteiger partial charge on any atom is 0.253 e. The summed E-state index contributed by atoms with van der Waals surface area (Å²) < 4.78 is 0. The SMILES string of the molecule is Cc1ccc(C(=O)N(C)CC2CC2)cc1C#CCN. The van der Waals surface area contributed by atoms with Gasteiger partial charge in [-0.05, 0) is 43.4 Å². The third kappa shape index (κ3) is 3.59. The zero-order valence-electron chi connectivity index (χ0n) is 11.6. The molecule has 1 aliphatic rings. The van der Waals surface area contributed by atoms with E-state index in [9.17, 15) is 4.79 Å². The predicted octanol–water partition coefficient (Wildman–Crippen LogP) is 1.79. The van der Waals surface area contributed by atoms with Crippen molar-refractivity contribution in [3.05, 3.63) is 34.9 Å². The molecule has 0 saturated heterocycles. The summed E-state index contributed by atoms with van der Waals surface area (Å²) in [7, 11) is 1.87. The second kappa shape index (κ2) is 5.90. The Kier molecular flexibility index (Phi) is 4.24. The van der Waals surface area contributed by atoms with E-state index in [2.05, 4.69) is 11.8 Å². The first-order chi connectivity index (χ1) is 9.11. The molecule has 2 rings (SSSR count). The maximum atomic E-state index is 12.3. The van der Waals surface area contributed by atoms with Gasteiger partial charge in [-0.2, -0.15) is 0 Å². The Bertz CT molecular complexity index is 535. The molecule has 1 saturated carbocycles. The lowest BCUT2D eigenvalue weighted by atomic mass is 10.0. The van der Waals surface area contributed by atoms with Gasteiger partial charge in [-0.3, -0.25) is 4.79 Å². The van der Waals surface area contributed by atoms with E-state index in [0.29, 0.717) is 18.0 Å². The van der Waals surface area contributed by atoms with Crippen LogP contribution in [0.1, 0.15) is 34.3 Å². The summed E-state index contributed by atoms with van der Waals surface area (Å²) in [6.45, 7) is 3.18. The fourth-order valence-corrected chi connectivity index (χ4v) is 2.03. The van der Waals surface area contributed by atoms with Crippen molar-refractivity contribution in [1.29, 1.82) is 0 Å². The molecule has 0 heterocycles. The summed E-state index contributed by atoms with van der Waals surface area (Å²) in [5.41, 5.74) is 8.05. The third-order valence-electron chi connectivity index (χ3n) is 3.39. The van der Waals surface area contributed by atoms with Crippen molar-refractivity contribution in [2.75, 3.05) is 20.1 Å². The highest BCUT2D eigenvalue weighted by Gasteiger charge is 2.25. The average Bonchev–Trinajstić information content (AvgIpc) is 3.21. The summed E-state index contributed by atoms with van der Waals surface area (Å²) in [6.07, 6.45) is 2.50. The highest BCUT2D eigenvalue weighted by Crippen LogP contribution is 2.29. The van der Waals surface area contributed by atoms with E-state index in [1.165, 1.54) is 12.8 Å². The molecule has 3 heteroatoms. The van der Waals surface area contributed by atoms with Gasteiger partial charge in [0.25, 0.3) is 5.91 Å². The fraction of sp³-hybridized carbons (Fsp3) is 0.438. The fourth-order valence-electron chi connectivity index (χ4n) is 2.03. The van der Waals surface area contributed by atoms with Crippen molar-refractivity contribution < 1.29 is 4.79 Å². The minimum Gasteiger partial charge on any atom is -0.341 e. The van der Waals surface area contributed by atoms with Crippen LogP contribution in [0.2, 0.25) is 0 Å². The van der Waals surface area contributed by atoms with E-state index in [-0.39, 0.29) is 5.91 Å². The molecule has 100 valence electrons. The van der Waals surface area contributed by atoms with E-state index < -0.39 is 0 Å². The monoisotopic (exact) mass is 256 g/mol. The van der Waals surface area contributed by atoms with Crippen LogP contribution in [-0.2, 0) is 0 Å². The number of amides is 1. The minimum absolute atomic E-state index is 0.0719. The molecule has 0 spiro atoms. The van der Waals surface area contributed by atoms with Crippen molar-refractivity contribution in [1.82, 2.24) is 4.90 Å². The first kappa shape index (κ1) is 13.6. The van der Waals surface area contributed by atoms with Crippen LogP contribution < -0.4 is 5.73 Å². The van der Waals surface area contributed by atoms with Crippen LogP contribution in [0, 0.1) is 24.7 Å². The molecule has 3 nitrogen and oxygen atoms in total. The number of nitrogens with zero attached hydrogens (tertiary/aromatic N) is 1. The third-order valence-corrected chi connectivity index (χ3v) is 3.39. The molecular formula is C16H20N2O. The smallest absolute Gasteiger partial charge is 0.253 e. The summed E-state index contributed by atoms with van der Waals surface area (Å²) in [5.74, 6) is 6.63. The predicted molar refractivity (Wildman–Crippen MR) is 76.8 cm³/mol. The molecule has 2 N–H and O–H groups in total. The van der Waals surface area contributed by atoms with Gasteiger partial charge in [-0.15, -0.1) is 0 Å². The van der Waals surface area contributed by atoms with Gasteiger partial charge < -0.3 is 10.6 Å². The average molecular weight is 256 g/mol. The lowest BCUT2D eigenvalue weighted by Crippen LogP contribution is -2.28. The second-order valence-electron chi connectivity index (χ2n) is 5.16. The Labute approximate surface area is 114 Å². The normalized spacial score (nSPS) is 13.6. The second-order valence-corrected chi connectivity index (χ2v) is 5.16. The molecule has 0 radical (unpaired) electrons. The topological polar surface area (TPSA) is 46.3 Å². The molecule has 1 aliphatic carbocycles. The molecule has 1 aromatic carbocycles. The molecule has 0 aromatic heterocycles. The molecule has 1 fully saturated rings. The van der Waals surface area contributed by atoms with Crippen molar-refractivity contribution in [2.45, 2.75) is 19.8 Å².